The number of esters is 3. The summed E-state index contributed by atoms with van der Waals surface area (Å²) in [7, 11) is 0. The van der Waals surface area contributed by atoms with Crippen molar-refractivity contribution in [2.75, 3.05) is 92.1 Å². The molecule has 3 atom stereocenters. The standard InChI is InChI=1S/C32H54N2O14/c35-27(36)23-25(31(41)47-15-5-1-3-7-29(39)45-21-13-33-9-17-43-18-10-33)26(24-28(37)38)32(42)48-16-6-2-4-8-30(40)46-22-14-34-11-19-44-20-12-34/h25-26,31,41H,1-24H2,(H,35,36)(H,37,38). The molecule has 0 aromatic rings. The van der Waals surface area contributed by atoms with E-state index in [2.05, 4.69) is 9.80 Å². The van der Waals surface area contributed by atoms with Gasteiger partial charge in [-0.25, -0.2) is 0 Å². The van der Waals surface area contributed by atoms with Gasteiger partial charge in [-0.3, -0.25) is 33.8 Å². The molecule has 0 saturated carbocycles. The average Bonchev–Trinajstić information content (AvgIpc) is 3.06. The van der Waals surface area contributed by atoms with Crippen LogP contribution in [0, 0.1) is 11.8 Å². The molecule has 276 valence electrons. The number of nitrogens with zero attached hydrogens (tertiary/aromatic N) is 2. The van der Waals surface area contributed by atoms with Crippen LogP contribution in [0.2, 0.25) is 0 Å². The van der Waals surface area contributed by atoms with Crippen LogP contribution in [0.15, 0.2) is 0 Å². The van der Waals surface area contributed by atoms with E-state index in [1.165, 1.54) is 0 Å². The highest BCUT2D eigenvalue weighted by Crippen LogP contribution is 2.26. The van der Waals surface area contributed by atoms with E-state index >= 15 is 0 Å². The van der Waals surface area contributed by atoms with E-state index in [1.807, 2.05) is 0 Å². The van der Waals surface area contributed by atoms with Gasteiger partial charge in [0.2, 0.25) is 0 Å². The van der Waals surface area contributed by atoms with E-state index in [0.29, 0.717) is 91.3 Å². The Morgan fingerprint density at radius 2 is 1.08 bits per heavy atom. The zero-order valence-corrected chi connectivity index (χ0v) is 27.9. The fourth-order valence-electron chi connectivity index (χ4n) is 5.32. The predicted molar refractivity (Wildman–Crippen MR) is 168 cm³/mol. The molecule has 16 nitrogen and oxygen atoms in total. The molecule has 0 radical (unpaired) electrons. The minimum Gasteiger partial charge on any atom is -0.481 e. The van der Waals surface area contributed by atoms with Crippen molar-refractivity contribution in [3.8, 4) is 0 Å². The molecular weight excluding hydrogens is 636 g/mol. The van der Waals surface area contributed by atoms with Gasteiger partial charge in [-0.2, -0.15) is 0 Å². The number of aliphatic hydroxyl groups excluding tert-OH is 1. The van der Waals surface area contributed by atoms with E-state index in [1.54, 1.807) is 0 Å². The number of morpholine rings is 2. The lowest BCUT2D eigenvalue weighted by Gasteiger charge is -2.27. The van der Waals surface area contributed by atoms with Gasteiger partial charge in [-0.05, 0) is 32.1 Å². The lowest BCUT2D eigenvalue weighted by atomic mass is 9.86. The highest BCUT2D eigenvalue weighted by molar-refractivity contribution is 5.80. The summed E-state index contributed by atoms with van der Waals surface area (Å²) in [6.07, 6.45) is 0.241. The van der Waals surface area contributed by atoms with E-state index in [9.17, 15) is 39.3 Å². The molecule has 0 aliphatic carbocycles. The Kier molecular flexibility index (Phi) is 21.6. The largest absolute Gasteiger partial charge is 0.481 e. The van der Waals surface area contributed by atoms with Crippen molar-refractivity contribution in [2.24, 2.45) is 11.8 Å². The Morgan fingerprint density at radius 1 is 0.604 bits per heavy atom. The number of carboxylic acid groups (broad SMARTS) is 2. The van der Waals surface area contributed by atoms with E-state index < -0.39 is 48.9 Å². The third-order valence-electron chi connectivity index (χ3n) is 8.12. The number of hydrogen-bond donors (Lipinski definition) is 3. The Hall–Kier alpha value is -2.89. The van der Waals surface area contributed by atoms with Crippen LogP contribution in [0.4, 0.5) is 0 Å². The van der Waals surface area contributed by atoms with E-state index in [0.717, 1.165) is 26.2 Å². The molecule has 3 unspecified atom stereocenters. The third-order valence-corrected chi connectivity index (χ3v) is 8.12. The van der Waals surface area contributed by atoms with Crippen molar-refractivity contribution in [2.45, 2.75) is 70.5 Å². The van der Waals surface area contributed by atoms with Crippen LogP contribution >= 0.6 is 0 Å². The Bertz CT molecular complexity index is 955. The fourth-order valence-corrected chi connectivity index (χ4v) is 5.32. The molecular formula is C32H54N2O14. The van der Waals surface area contributed by atoms with Crippen molar-refractivity contribution in [3.05, 3.63) is 0 Å². The first-order valence-corrected chi connectivity index (χ1v) is 17.0. The Balaban J connectivity index is 1.65. The molecule has 2 aliphatic rings. The molecule has 0 bridgehead atoms. The van der Waals surface area contributed by atoms with Crippen molar-refractivity contribution < 1.29 is 67.7 Å². The fraction of sp³-hybridized carbons (Fsp3) is 0.844. The lowest BCUT2D eigenvalue weighted by molar-refractivity contribution is -0.179. The average molecular weight is 691 g/mol. The molecule has 0 amide bonds. The van der Waals surface area contributed by atoms with Gasteiger partial charge < -0.3 is 43.7 Å². The number of carbonyl (C=O) groups is 5. The number of carbonyl (C=O) groups excluding carboxylic acids is 3. The second-order valence-corrected chi connectivity index (χ2v) is 11.9. The van der Waals surface area contributed by atoms with Gasteiger partial charge in [0.25, 0.3) is 0 Å². The molecule has 48 heavy (non-hydrogen) atoms. The first-order chi connectivity index (χ1) is 23.2. The van der Waals surface area contributed by atoms with Crippen LogP contribution in [-0.2, 0) is 52.4 Å². The Morgan fingerprint density at radius 3 is 1.56 bits per heavy atom. The van der Waals surface area contributed by atoms with Crippen LogP contribution in [0.1, 0.15) is 64.2 Å². The summed E-state index contributed by atoms with van der Waals surface area (Å²) in [5.41, 5.74) is 0. The number of hydrogen-bond acceptors (Lipinski definition) is 14. The summed E-state index contributed by atoms with van der Waals surface area (Å²) >= 11 is 0. The topological polar surface area (TPSA) is 208 Å². The van der Waals surface area contributed by atoms with Gasteiger partial charge in [0.05, 0.1) is 51.8 Å². The second-order valence-electron chi connectivity index (χ2n) is 11.9. The maximum atomic E-state index is 12.9. The monoisotopic (exact) mass is 690 g/mol. The molecule has 0 aromatic heterocycles. The van der Waals surface area contributed by atoms with Gasteiger partial charge in [-0.1, -0.05) is 6.42 Å². The molecule has 3 N–H and O–H groups in total. The van der Waals surface area contributed by atoms with Crippen molar-refractivity contribution in [1.29, 1.82) is 0 Å². The Labute approximate surface area is 281 Å². The molecule has 16 heteroatoms. The predicted octanol–water partition coefficient (Wildman–Crippen LogP) is 0.918. The first-order valence-electron chi connectivity index (χ1n) is 17.0. The summed E-state index contributed by atoms with van der Waals surface area (Å²) in [4.78, 5) is 64.2. The quantitative estimate of drug-likeness (QED) is 0.0499. The highest BCUT2D eigenvalue weighted by Gasteiger charge is 2.38. The maximum absolute atomic E-state index is 12.9. The summed E-state index contributed by atoms with van der Waals surface area (Å²) in [6, 6.07) is 0. The van der Waals surface area contributed by atoms with Crippen molar-refractivity contribution in [3.63, 3.8) is 0 Å². The SMILES string of the molecule is O=C(O)CC(C(=O)OCCCCCC(=O)OCCN1CCOCC1)C(CC(=O)O)C(O)OCCCCCC(=O)OCCN1CCOCC1. The minimum atomic E-state index is -1.72. The third kappa shape index (κ3) is 19.2. The minimum absolute atomic E-state index is 0.00779. The van der Waals surface area contributed by atoms with Crippen molar-refractivity contribution >= 4 is 29.8 Å². The van der Waals surface area contributed by atoms with Crippen LogP contribution in [-0.4, -0.2) is 153 Å². The van der Waals surface area contributed by atoms with E-state index in [-0.39, 0.29) is 38.0 Å². The van der Waals surface area contributed by atoms with Gasteiger partial charge >= 0.3 is 29.8 Å². The zero-order chi connectivity index (χ0) is 35.0. The number of rotatable bonds is 26. The lowest BCUT2D eigenvalue weighted by Crippen LogP contribution is -2.38. The summed E-state index contributed by atoms with van der Waals surface area (Å²) in [5.74, 6) is -7.08. The first kappa shape index (κ1) is 41.3. The molecule has 0 spiro atoms. The number of aliphatic hydroxyl groups is 1. The summed E-state index contributed by atoms with van der Waals surface area (Å²) in [6.45, 7) is 7.80. The number of unbranched alkanes of at least 4 members (excludes halogenated alkanes) is 4. The zero-order valence-electron chi connectivity index (χ0n) is 27.9. The van der Waals surface area contributed by atoms with E-state index in [4.69, 9.17) is 28.4 Å². The van der Waals surface area contributed by atoms with Crippen LogP contribution in [0.5, 0.6) is 0 Å². The molecule has 0 aromatic carbocycles. The molecule has 2 fully saturated rings. The van der Waals surface area contributed by atoms with Gasteiger partial charge in [0.15, 0.2) is 6.29 Å². The van der Waals surface area contributed by atoms with Gasteiger partial charge in [-0.15, -0.1) is 0 Å². The molecule has 2 rings (SSSR count). The normalized spacial score (nSPS) is 17.6. The molecule has 2 aliphatic heterocycles. The smallest absolute Gasteiger partial charge is 0.310 e. The molecule has 2 saturated heterocycles. The maximum Gasteiger partial charge on any atom is 0.310 e. The summed E-state index contributed by atoms with van der Waals surface area (Å²) in [5, 5.41) is 29.4. The molecule has 2 heterocycles. The van der Waals surface area contributed by atoms with Crippen LogP contribution in [0.3, 0.4) is 0 Å². The second kappa shape index (κ2) is 25.1. The van der Waals surface area contributed by atoms with Gasteiger partial charge in [0, 0.05) is 64.6 Å². The number of aliphatic carboxylic acids is 2. The van der Waals surface area contributed by atoms with Gasteiger partial charge in [0.1, 0.15) is 13.2 Å². The van der Waals surface area contributed by atoms with Crippen LogP contribution in [0.25, 0.3) is 0 Å². The summed E-state index contributed by atoms with van der Waals surface area (Å²) < 4.78 is 31.7. The highest BCUT2D eigenvalue weighted by atomic mass is 16.6. The number of carboxylic acids is 2. The number of ether oxygens (including phenoxy) is 6. The van der Waals surface area contributed by atoms with Crippen molar-refractivity contribution in [1.82, 2.24) is 9.80 Å². The van der Waals surface area contributed by atoms with Crippen LogP contribution < -0.4 is 0 Å².